The van der Waals surface area contributed by atoms with Crippen LogP contribution in [-0.2, 0) is 6.54 Å². The Labute approximate surface area is 101 Å². The molecule has 1 unspecified atom stereocenters. The molecule has 1 atom stereocenters. The summed E-state index contributed by atoms with van der Waals surface area (Å²) < 4.78 is 12.7. The Morgan fingerprint density at radius 3 is 2.44 bits per heavy atom. The minimum absolute atomic E-state index is 0.0973. The average Bonchev–Trinajstić information content (AvgIpc) is 2.22. The molecule has 0 aliphatic carbocycles. The van der Waals surface area contributed by atoms with E-state index < -0.39 is 0 Å². The number of nitrogens with two attached hydrogens (primary N) is 1. The summed E-state index contributed by atoms with van der Waals surface area (Å²) in [5.41, 5.74) is 6.71. The number of likely N-dealkylation sites (N-methyl/N-ethyl adjacent to an activating group) is 1. The van der Waals surface area contributed by atoms with Gasteiger partial charge in [0.15, 0.2) is 0 Å². The zero-order valence-corrected chi connectivity index (χ0v) is 10.4. The molecule has 0 fully saturated rings. The molecule has 0 aromatic heterocycles. The van der Waals surface area contributed by atoms with Crippen LogP contribution in [0.15, 0.2) is 24.3 Å². The molecular formula is C12H17FN2S. The third kappa shape index (κ3) is 3.54. The summed E-state index contributed by atoms with van der Waals surface area (Å²) in [5, 5.41) is 0. The fourth-order valence-corrected chi connectivity index (χ4v) is 2.06. The highest BCUT2D eigenvalue weighted by Gasteiger charge is 2.15. The van der Waals surface area contributed by atoms with Gasteiger partial charge in [-0.05, 0) is 31.2 Å². The molecule has 0 saturated carbocycles. The van der Waals surface area contributed by atoms with Crippen LogP contribution in [0.25, 0.3) is 0 Å². The molecule has 0 spiro atoms. The van der Waals surface area contributed by atoms with E-state index in [0.717, 1.165) is 18.5 Å². The van der Waals surface area contributed by atoms with E-state index in [4.69, 9.17) is 18.0 Å². The van der Waals surface area contributed by atoms with Gasteiger partial charge in [-0.25, -0.2) is 4.39 Å². The van der Waals surface area contributed by atoms with Crippen LogP contribution in [0.5, 0.6) is 0 Å². The molecular weight excluding hydrogens is 223 g/mol. The van der Waals surface area contributed by atoms with E-state index in [1.807, 2.05) is 14.0 Å². The molecule has 2 N–H and O–H groups in total. The average molecular weight is 240 g/mol. The van der Waals surface area contributed by atoms with Crippen molar-refractivity contribution in [1.29, 1.82) is 0 Å². The Morgan fingerprint density at radius 1 is 1.44 bits per heavy atom. The number of nitrogens with zero attached hydrogens (tertiary/aromatic N) is 1. The molecule has 4 heteroatoms. The first-order valence-corrected chi connectivity index (χ1v) is 5.69. The van der Waals surface area contributed by atoms with Gasteiger partial charge in [-0.1, -0.05) is 31.3 Å². The summed E-state index contributed by atoms with van der Waals surface area (Å²) in [4.78, 5) is 2.59. The Balaban J connectivity index is 2.66. The molecule has 1 aromatic carbocycles. The molecule has 0 radical (unpaired) electrons. The number of rotatable bonds is 5. The second-order valence-corrected chi connectivity index (χ2v) is 4.34. The molecule has 16 heavy (non-hydrogen) atoms. The molecule has 0 aliphatic heterocycles. The fourth-order valence-electron chi connectivity index (χ4n) is 1.72. The van der Waals surface area contributed by atoms with Crippen LogP contribution < -0.4 is 5.73 Å². The molecule has 1 aromatic rings. The topological polar surface area (TPSA) is 29.3 Å². The van der Waals surface area contributed by atoms with Crippen molar-refractivity contribution < 1.29 is 4.39 Å². The van der Waals surface area contributed by atoms with Crippen molar-refractivity contribution in [2.24, 2.45) is 5.73 Å². The molecule has 0 aliphatic rings. The summed E-state index contributed by atoms with van der Waals surface area (Å²) in [6.07, 6.45) is 0.882. The Kier molecular flexibility index (Phi) is 4.83. The van der Waals surface area contributed by atoms with E-state index >= 15 is 0 Å². The standard InChI is InChI=1S/C12H17FN2S/c1-3-11(12(14)16)15(2)8-9-4-6-10(13)7-5-9/h4-7,11H,3,8H2,1-2H3,(H2,14,16). The molecule has 0 bridgehead atoms. The lowest BCUT2D eigenvalue weighted by atomic mass is 10.1. The Hall–Kier alpha value is -1.00. The number of benzene rings is 1. The van der Waals surface area contributed by atoms with Gasteiger partial charge in [0.1, 0.15) is 5.82 Å². The maximum Gasteiger partial charge on any atom is 0.123 e. The smallest absolute Gasteiger partial charge is 0.123 e. The normalized spacial score (nSPS) is 12.8. The fraction of sp³-hybridized carbons (Fsp3) is 0.417. The summed E-state index contributed by atoms with van der Waals surface area (Å²) >= 11 is 5.01. The number of hydrogen-bond acceptors (Lipinski definition) is 2. The van der Waals surface area contributed by atoms with E-state index in [1.165, 1.54) is 12.1 Å². The molecule has 0 saturated heterocycles. The van der Waals surface area contributed by atoms with Gasteiger partial charge in [-0.15, -0.1) is 0 Å². The van der Waals surface area contributed by atoms with Gasteiger partial charge < -0.3 is 5.73 Å². The van der Waals surface area contributed by atoms with Crippen molar-refractivity contribution in [2.75, 3.05) is 7.05 Å². The van der Waals surface area contributed by atoms with Crippen LogP contribution in [0.3, 0.4) is 0 Å². The maximum absolute atomic E-state index is 12.7. The highest BCUT2D eigenvalue weighted by molar-refractivity contribution is 7.80. The molecule has 88 valence electrons. The second-order valence-electron chi connectivity index (χ2n) is 3.87. The largest absolute Gasteiger partial charge is 0.392 e. The van der Waals surface area contributed by atoms with Crippen molar-refractivity contribution in [3.05, 3.63) is 35.6 Å². The summed E-state index contributed by atoms with van der Waals surface area (Å²) in [6.45, 7) is 2.76. The zero-order valence-electron chi connectivity index (χ0n) is 9.61. The molecule has 0 heterocycles. The van der Waals surface area contributed by atoms with Crippen LogP contribution in [0.4, 0.5) is 4.39 Å². The van der Waals surface area contributed by atoms with E-state index in [1.54, 1.807) is 12.1 Å². The first kappa shape index (κ1) is 13.1. The first-order chi connectivity index (χ1) is 7.54. The van der Waals surface area contributed by atoms with E-state index in [2.05, 4.69) is 4.90 Å². The van der Waals surface area contributed by atoms with Gasteiger partial charge >= 0.3 is 0 Å². The predicted molar refractivity (Wildman–Crippen MR) is 68.7 cm³/mol. The van der Waals surface area contributed by atoms with Gasteiger partial charge in [0.05, 0.1) is 11.0 Å². The van der Waals surface area contributed by atoms with Crippen molar-refractivity contribution in [1.82, 2.24) is 4.90 Å². The lowest BCUT2D eigenvalue weighted by molar-refractivity contribution is 0.283. The predicted octanol–water partition coefficient (Wildman–Crippen LogP) is 2.32. The van der Waals surface area contributed by atoms with Crippen LogP contribution in [-0.4, -0.2) is 23.0 Å². The van der Waals surface area contributed by atoms with E-state index in [0.29, 0.717) is 4.99 Å². The number of thiocarbonyl (C=S) groups is 1. The van der Waals surface area contributed by atoms with Gasteiger partial charge in [0.2, 0.25) is 0 Å². The monoisotopic (exact) mass is 240 g/mol. The van der Waals surface area contributed by atoms with Crippen LogP contribution in [0, 0.1) is 5.82 Å². The third-order valence-corrected chi connectivity index (χ3v) is 2.86. The zero-order chi connectivity index (χ0) is 12.1. The van der Waals surface area contributed by atoms with Crippen molar-refractivity contribution in [3.8, 4) is 0 Å². The maximum atomic E-state index is 12.7. The van der Waals surface area contributed by atoms with Gasteiger partial charge in [0.25, 0.3) is 0 Å². The quantitative estimate of drug-likeness (QED) is 0.801. The van der Waals surface area contributed by atoms with Gasteiger partial charge in [0, 0.05) is 6.54 Å². The molecule has 2 nitrogen and oxygen atoms in total. The van der Waals surface area contributed by atoms with E-state index in [-0.39, 0.29) is 11.9 Å². The minimum atomic E-state index is -0.215. The number of hydrogen-bond donors (Lipinski definition) is 1. The number of halogens is 1. The summed E-state index contributed by atoms with van der Waals surface area (Å²) in [7, 11) is 1.97. The van der Waals surface area contributed by atoms with Gasteiger partial charge in [-0.3, -0.25) is 4.90 Å². The van der Waals surface area contributed by atoms with Crippen LogP contribution >= 0.6 is 12.2 Å². The lowest BCUT2D eigenvalue weighted by Gasteiger charge is -2.26. The molecule has 1 rings (SSSR count). The van der Waals surface area contributed by atoms with Gasteiger partial charge in [-0.2, -0.15) is 0 Å². The second kappa shape index (κ2) is 5.92. The Morgan fingerprint density at radius 2 is 2.00 bits per heavy atom. The first-order valence-electron chi connectivity index (χ1n) is 5.28. The minimum Gasteiger partial charge on any atom is -0.392 e. The lowest BCUT2D eigenvalue weighted by Crippen LogP contribution is -2.40. The summed E-state index contributed by atoms with van der Waals surface area (Å²) in [6, 6.07) is 6.58. The summed E-state index contributed by atoms with van der Waals surface area (Å²) in [5.74, 6) is -0.215. The highest BCUT2D eigenvalue weighted by atomic mass is 32.1. The Bertz CT molecular complexity index is 351. The van der Waals surface area contributed by atoms with Crippen molar-refractivity contribution in [3.63, 3.8) is 0 Å². The van der Waals surface area contributed by atoms with Crippen LogP contribution in [0.2, 0.25) is 0 Å². The highest BCUT2D eigenvalue weighted by Crippen LogP contribution is 2.10. The third-order valence-electron chi connectivity index (χ3n) is 2.59. The van der Waals surface area contributed by atoms with Crippen LogP contribution in [0.1, 0.15) is 18.9 Å². The van der Waals surface area contributed by atoms with Crippen molar-refractivity contribution in [2.45, 2.75) is 25.9 Å². The van der Waals surface area contributed by atoms with Crippen molar-refractivity contribution >= 4 is 17.2 Å². The molecule has 0 amide bonds. The van der Waals surface area contributed by atoms with E-state index in [9.17, 15) is 4.39 Å². The SMILES string of the molecule is CCC(C(N)=S)N(C)Cc1ccc(F)cc1.